The van der Waals surface area contributed by atoms with E-state index in [1.165, 1.54) is 13.2 Å². The zero-order valence-corrected chi connectivity index (χ0v) is 15.1. The van der Waals surface area contributed by atoms with Gasteiger partial charge in [0, 0.05) is 34.5 Å². The molecule has 0 atom stereocenters. The molecule has 0 spiro atoms. The monoisotopic (exact) mass is 365 g/mol. The summed E-state index contributed by atoms with van der Waals surface area (Å²) >= 11 is 1.68. The Bertz CT molecular complexity index is 1080. The summed E-state index contributed by atoms with van der Waals surface area (Å²) in [7, 11) is 1.52. The van der Waals surface area contributed by atoms with E-state index in [0.29, 0.717) is 22.8 Å². The van der Waals surface area contributed by atoms with Crippen LogP contribution in [-0.4, -0.2) is 27.7 Å². The van der Waals surface area contributed by atoms with E-state index in [2.05, 4.69) is 9.97 Å². The molecule has 0 bridgehead atoms. The van der Waals surface area contributed by atoms with E-state index in [0.717, 1.165) is 16.2 Å². The lowest BCUT2D eigenvalue weighted by molar-refractivity contribution is 0.411. The van der Waals surface area contributed by atoms with Crippen molar-refractivity contribution in [3.63, 3.8) is 0 Å². The van der Waals surface area contributed by atoms with E-state index < -0.39 is 0 Å². The molecule has 0 fully saturated rings. The van der Waals surface area contributed by atoms with Crippen molar-refractivity contribution in [1.29, 1.82) is 0 Å². The Kier molecular flexibility index (Phi) is 4.34. The maximum atomic E-state index is 14.7. The summed E-state index contributed by atoms with van der Waals surface area (Å²) in [5.41, 5.74) is 2.74. The van der Waals surface area contributed by atoms with Crippen LogP contribution >= 0.6 is 11.8 Å². The van der Waals surface area contributed by atoms with Crippen LogP contribution in [0.15, 0.2) is 65.8 Å². The molecule has 0 aliphatic rings. The van der Waals surface area contributed by atoms with Crippen molar-refractivity contribution < 1.29 is 9.13 Å². The van der Waals surface area contributed by atoms with Crippen molar-refractivity contribution >= 4 is 17.5 Å². The number of fused-ring (bicyclic) bond motifs is 1. The SMILES string of the molecule is COc1ccc(-c2nc3ncccn3c2-c2ccc(SC)cc2)c(F)c1. The van der Waals surface area contributed by atoms with E-state index in [9.17, 15) is 4.39 Å². The molecule has 4 rings (SSSR count). The van der Waals surface area contributed by atoms with Gasteiger partial charge in [-0.1, -0.05) is 12.1 Å². The van der Waals surface area contributed by atoms with Gasteiger partial charge in [-0.25, -0.2) is 14.4 Å². The van der Waals surface area contributed by atoms with Crippen LogP contribution in [0.2, 0.25) is 0 Å². The molecule has 0 saturated carbocycles. The molecule has 2 aromatic heterocycles. The van der Waals surface area contributed by atoms with Gasteiger partial charge in [-0.2, -0.15) is 0 Å². The minimum atomic E-state index is -0.380. The van der Waals surface area contributed by atoms with Gasteiger partial charge >= 0.3 is 0 Å². The second-order valence-electron chi connectivity index (χ2n) is 5.67. The molecule has 2 heterocycles. The summed E-state index contributed by atoms with van der Waals surface area (Å²) in [5, 5.41) is 0. The van der Waals surface area contributed by atoms with Gasteiger partial charge in [-0.05, 0) is 36.6 Å². The van der Waals surface area contributed by atoms with E-state index in [4.69, 9.17) is 4.74 Å². The van der Waals surface area contributed by atoms with E-state index >= 15 is 0 Å². The average molecular weight is 365 g/mol. The van der Waals surface area contributed by atoms with Crippen LogP contribution in [0.3, 0.4) is 0 Å². The molecule has 6 heteroatoms. The van der Waals surface area contributed by atoms with Gasteiger partial charge in [-0.15, -0.1) is 11.8 Å². The second kappa shape index (κ2) is 6.80. The first-order chi connectivity index (χ1) is 12.7. The largest absolute Gasteiger partial charge is 0.497 e. The summed E-state index contributed by atoms with van der Waals surface area (Å²) < 4.78 is 21.7. The Balaban J connectivity index is 1.97. The zero-order valence-electron chi connectivity index (χ0n) is 14.3. The minimum absolute atomic E-state index is 0.380. The Morgan fingerprint density at radius 2 is 1.92 bits per heavy atom. The zero-order chi connectivity index (χ0) is 18.1. The average Bonchev–Trinajstić information content (AvgIpc) is 3.07. The van der Waals surface area contributed by atoms with Crippen LogP contribution in [0.5, 0.6) is 5.75 Å². The number of imidazole rings is 1. The Hall–Kier alpha value is -2.86. The van der Waals surface area contributed by atoms with Crippen LogP contribution in [-0.2, 0) is 0 Å². The Labute approximate surface area is 154 Å². The van der Waals surface area contributed by atoms with Gasteiger partial charge in [0.2, 0.25) is 5.78 Å². The van der Waals surface area contributed by atoms with E-state index in [1.807, 2.05) is 47.2 Å². The summed E-state index contributed by atoms with van der Waals surface area (Å²) in [4.78, 5) is 10.1. The van der Waals surface area contributed by atoms with Crippen LogP contribution in [0.25, 0.3) is 28.3 Å². The number of nitrogens with zero attached hydrogens (tertiary/aromatic N) is 3. The van der Waals surface area contributed by atoms with Crippen molar-refractivity contribution in [1.82, 2.24) is 14.4 Å². The van der Waals surface area contributed by atoms with Gasteiger partial charge in [0.15, 0.2) is 0 Å². The third kappa shape index (κ3) is 2.82. The molecule has 0 aliphatic heterocycles. The van der Waals surface area contributed by atoms with Crippen LogP contribution in [0, 0.1) is 5.82 Å². The van der Waals surface area contributed by atoms with Crippen molar-refractivity contribution in [3.05, 3.63) is 66.7 Å². The molecule has 0 aliphatic carbocycles. The van der Waals surface area contributed by atoms with E-state index in [1.54, 1.807) is 30.1 Å². The number of aromatic nitrogens is 3. The molecule has 4 aromatic rings. The molecule has 0 radical (unpaired) electrons. The highest BCUT2D eigenvalue weighted by Gasteiger charge is 2.19. The maximum absolute atomic E-state index is 14.7. The number of benzene rings is 2. The number of thioether (sulfide) groups is 1. The fourth-order valence-electron chi connectivity index (χ4n) is 2.91. The highest BCUT2D eigenvalue weighted by Crippen LogP contribution is 2.35. The minimum Gasteiger partial charge on any atom is -0.497 e. The molecular formula is C20H16FN3OS. The van der Waals surface area contributed by atoms with Gasteiger partial charge in [-0.3, -0.25) is 4.40 Å². The smallest absolute Gasteiger partial charge is 0.234 e. The predicted octanol–water partition coefficient (Wildman–Crippen LogP) is 4.93. The van der Waals surface area contributed by atoms with Crippen molar-refractivity contribution in [2.75, 3.05) is 13.4 Å². The lowest BCUT2D eigenvalue weighted by Gasteiger charge is -2.08. The van der Waals surface area contributed by atoms with Crippen LogP contribution in [0.1, 0.15) is 0 Å². The number of hydrogen-bond donors (Lipinski definition) is 0. The molecule has 0 saturated heterocycles. The van der Waals surface area contributed by atoms with Gasteiger partial charge in [0.25, 0.3) is 0 Å². The molecular weight excluding hydrogens is 349 g/mol. The first kappa shape index (κ1) is 16.6. The first-order valence-electron chi connectivity index (χ1n) is 8.02. The Morgan fingerprint density at radius 1 is 1.12 bits per heavy atom. The van der Waals surface area contributed by atoms with Crippen LogP contribution in [0.4, 0.5) is 4.39 Å². The maximum Gasteiger partial charge on any atom is 0.234 e. The summed E-state index contributed by atoms with van der Waals surface area (Å²) in [5.74, 6) is 0.621. The fourth-order valence-corrected chi connectivity index (χ4v) is 3.32. The molecule has 0 N–H and O–H groups in total. The van der Waals surface area contributed by atoms with Crippen LogP contribution < -0.4 is 4.74 Å². The number of methoxy groups -OCH3 is 1. The number of hydrogen-bond acceptors (Lipinski definition) is 4. The normalized spacial score (nSPS) is 11.0. The standard InChI is InChI=1S/C20H16FN3OS/c1-25-14-6-9-16(17(21)12-14)18-19(13-4-7-15(26-2)8-5-13)24-11-3-10-22-20(24)23-18/h3-12H,1-2H3. The Morgan fingerprint density at radius 3 is 2.62 bits per heavy atom. The van der Waals surface area contributed by atoms with Gasteiger partial charge in [0.1, 0.15) is 17.3 Å². The highest BCUT2D eigenvalue weighted by atomic mass is 32.2. The quantitative estimate of drug-likeness (QED) is 0.481. The van der Waals surface area contributed by atoms with Crippen molar-refractivity contribution in [3.8, 4) is 28.3 Å². The lowest BCUT2D eigenvalue weighted by Crippen LogP contribution is -1.92. The third-order valence-electron chi connectivity index (χ3n) is 4.20. The summed E-state index contributed by atoms with van der Waals surface area (Å²) in [6.07, 6.45) is 5.60. The fraction of sp³-hybridized carbons (Fsp3) is 0.100. The van der Waals surface area contributed by atoms with Gasteiger partial charge in [0.05, 0.1) is 12.8 Å². The summed E-state index contributed by atoms with van der Waals surface area (Å²) in [6, 6.07) is 14.8. The van der Waals surface area contributed by atoms with E-state index in [-0.39, 0.29) is 5.82 Å². The molecule has 2 aromatic carbocycles. The lowest BCUT2D eigenvalue weighted by atomic mass is 10.0. The topological polar surface area (TPSA) is 39.4 Å². The van der Waals surface area contributed by atoms with Crippen molar-refractivity contribution in [2.24, 2.45) is 0 Å². The number of halogens is 1. The van der Waals surface area contributed by atoms with Crippen molar-refractivity contribution in [2.45, 2.75) is 4.90 Å². The first-order valence-corrected chi connectivity index (χ1v) is 9.25. The molecule has 26 heavy (non-hydrogen) atoms. The molecule has 0 amide bonds. The molecule has 4 nitrogen and oxygen atoms in total. The highest BCUT2D eigenvalue weighted by molar-refractivity contribution is 7.98. The predicted molar refractivity (Wildman–Crippen MR) is 102 cm³/mol. The van der Waals surface area contributed by atoms with Gasteiger partial charge < -0.3 is 4.74 Å². The second-order valence-corrected chi connectivity index (χ2v) is 6.55. The number of ether oxygens (including phenoxy) is 1. The third-order valence-corrected chi connectivity index (χ3v) is 4.94. The molecule has 0 unspecified atom stereocenters. The number of rotatable bonds is 4. The summed E-state index contributed by atoms with van der Waals surface area (Å²) in [6.45, 7) is 0. The molecule has 130 valence electrons.